The number of benzene rings is 2. The zero-order valence-corrected chi connectivity index (χ0v) is 19.1. The molecule has 2 unspecified atom stereocenters. The first-order valence-corrected chi connectivity index (χ1v) is 11.1. The van der Waals surface area contributed by atoms with E-state index in [2.05, 4.69) is 10.6 Å². The Morgan fingerprint density at radius 3 is 2.53 bits per heavy atom. The van der Waals surface area contributed by atoms with Gasteiger partial charge in [0, 0.05) is 11.6 Å². The number of nitrogens with zero attached hydrogens (tertiary/aromatic N) is 1. The Balaban J connectivity index is 1.61. The highest BCUT2D eigenvalue weighted by molar-refractivity contribution is 5.92. The molecular formula is C26H27N3O5. The summed E-state index contributed by atoms with van der Waals surface area (Å²) < 4.78 is 11.0. The minimum atomic E-state index is -0.904. The van der Waals surface area contributed by atoms with E-state index < -0.39 is 18.2 Å². The first-order valence-electron chi connectivity index (χ1n) is 11.1. The Hall–Kier alpha value is -4.07. The Morgan fingerprint density at radius 2 is 1.82 bits per heavy atom. The van der Waals surface area contributed by atoms with Gasteiger partial charge in [-0.15, -0.1) is 0 Å². The van der Waals surface area contributed by atoms with Crippen molar-refractivity contribution in [2.24, 2.45) is 5.92 Å². The number of ether oxygens (including phenoxy) is 1. The highest BCUT2D eigenvalue weighted by Crippen LogP contribution is 2.35. The van der Waals surface area contributed by atoms with Crippen LogP contribution in [0.5, 0.6) is 0 Å². The molecule has 0 aliphatic carbocycles. The van der Waals surface area contributed by atoms with Gasteiger partial charge in [-0.2, -0.15) is 0 Å². The van der Waals surface area contributed by atoms with Crippen LogP contribution in [0.4, 0.5) is 10.5 Å². The molecule has 0 bridgehead atoms. The first kappa shape index (κ1) is 23.1. The standard InChI is InChI=1S/C26H27N3O5/c1-17(2)24(30)28-20-11-6-10-19(14-20)23-22(25(31)27-15-21-12-7-13-33-21)29(26(32)34-23)16-18-8-4-3-5-9-18/h3-14,17,22-23H,15-16H2,1-2H3,(H,27,31)(H,28,30). The van der Waals surface area contributed by atoms with Crippen LogP contribution in [0.2, 0.25) is 0 Å². The predicted octanol–water partition coefficient (Wildman–Crippen LogP) is 4.25. The summed E-state index contributed by atoms with van der Waals surface area (Å²) in [4.78, 5) is 39.8. The van der Waals surface area contributed by atoms with Crippen LogP contribution >= 0.6 is 0 Å². The van der Waals surface area contributed by atoms with Crippen LogP contribution in [0.3, 0.4) is 0 Å². The molecule has 2 heterocycles. The van der Waals surface area contributed by atoms with E-state index in [4.69, 9.17) is 9.15 Å². The molecule has 1 saturated heterocycles. The Kier molecular flexibility index (Phi) is 6.96. The smallest absolute Gasteiger partial charge is 0.411 e. The summed E-state index contributed by atoms with van der Waals surface area (Å²) in [6.45, 7) is 4.02. The number of nitrogens with one attached hydrogen (secondary N) is 2. The molecular weight excluding hydrogens is 434 g/mol. The van der Waals surface area contributed by atoms with Crippen molar-refractivity contribution in [2.75, 3.05) is 5.32 Å². The number of furan rings is 1. The third kappa shape index (κ3) is 5.28. The molecule has 3 aromatic rings. The van der Waals surface area contributed by atoms with Crippen LogP contribution in [0, 0.1) is 5.92 Å². The summed E-state index contributed by atoms with van der Waals surface area (Å²) >= 11 is 0. The zero-order chi connectivity index (χ0) is 24.1. The molecule has 34 heavy (non-hydrogen) atoms. The molecule has 1 aliphatic heterocycles. The summed E-state index contributed by atoms with van der Waals surface area (Å²) in [6.07, 6.45) is 0.109. The predicted molar refractivity (Wildman–Crippen MR) is 125 cm³/mol. The number of carbonyl (C=O) groups excluding carboxylic acids is 3. The van der Waals surface area contributed by atoms with Gasteiger partial charge in [-0.3, -0.25) is 14.5 Å². The van der Waals surface area contributed by atoms with Crippen molar-refractivity contribution in [3.63, 3.8) is 0 Å². The third-order valence-corrected chi connectivity index (χ3v) is 5.57. The van der Waals surface area contributed by atoms with Gasteiger partial charge in [-0.1, -0.05) is 56.3 Å². The van der Waals surface area contributed by atoms with Crippen molar-refractivity contribution < 1.29 is 23.5 Å². The summed E-state index contributed by atoms with van der Waals surface area (Å²) in [5, 5.41) is 5.70. The number of carbonyl (C=O) groups is 3. The summed E-state index contributed by atoms with van der Waals surface area (Å²) in [7, 11) is 0. The van der Waals surface area contributed by atoms with Gasteiger partial charge in [0.05, 0.1) is 19.4 Å². The first-order chi connectivity index (χ1) is 16.4. The molecule has 0 radical (unpaired) electrons. The number of amides is 3. The molecule has 1 aromatic heterocycles. The maximum atomic E-state index is 13.3. The maximum Gasteiger partial charge on any atom is 0.411 e. The number of hydrogen-bond donors (Lipinski definition) is 2. The van der Waals surface area contributed by atoms with Gasteiger partial charge in [0.2, 0.25) is 11.8 Å². The Bertz CT molecular complexity index is 1140. The second kappa shape index (κ2) is 10.2. The van der Waals surface area contributed by atoms with E-state index in [0.29, 0.717) is 17.0 Å². The van der Waals surface area contributed by atoms with Gasteiger partial charge in [0.25, 0.3) is 0 Å². The summed E-state index contributed by atoms with van der Waals surface area (Å²) in [6, 6.07) is 19.0. The Morgan fingerprint density at radius 1 is 1.03 bits per heavy atom. The van der Waals surface area contributed by atoms with Crippen molar-refractivity contribution in [2.45, 2.75) is 39.1 Å². The second-order valence-corrected chi connectivity index (χ2v) is 8.43. The van der Waals surface area contributed by atoms with Crippen molar-refractivity contribution in [1.82, 2.24) is 10.2 Å². The van der Waals surface area contributed by atoms with Crippen LogP contribution in [-0.4, -0.2) is 28.8 Å². The molecule has 2 atom stereocenters. The molecule has 3 amide bonds. The van der Waals surface area contributed by atoms with Crippen LogP contribution in [0.15, 0.2) is 77.4 Å². The van der Waals surface area contributed by atoms with Crippen molar-refractivity contribution in [1.29, 1.82) is 0 Å². The minimum Gasteiger partial charge on any atom is -0.467 e. The number of anilines is 1. The molecule has 1 aliphatic rings. The molecule has 8 heteroatoms. The summed E-state index contributed by atoms with van der Waals surface area (Å²) in [5.74, 6) is -0.0728. The third-order valence-electron chi connectivity index (χ3n) is 5.57. The molecule has 176 valence electrons. The molecule has 0 saturated carbocycles. The van der Waals surface area contributed by atoms with Gasteiger partial charge in [0.1, 0.15) is 5.76 Å². The minimum absolute atomic E-state index is 0.126. The van der Waals surface area contributed by atoms with Crippen molar-refractivity contribution in [3.05, 3.63) is 89.9 Å². The number of hydrogen-bond acceptors (Lipinski definition) is 5. The van der Waals surface area contributed by atoms with Gasteiger partial charge in [0.15, 0.2) is 12.1 Å². The largest absolute Gasteiger partial charge is 0.467 e. The maximum absolute atomic E-state index is 13.3. The van der Waals surface area contributed by atoms with E-state index in [0.717, 1.165) is 5.56 Å². The molecule has 4 rings (SSSR count). The molecule has 2 aromatic carbocycles. The van der Waals surface area contributed by atoms with Crippen molar-refractivity contribution >= 4 is 23.6 Å². The summed E-state index contributed by atoms with van der Waals surface area (Å²) in [5.41, 5.74) is 2.06. The SMILES string of the molecule is CC(C)C(=O)Nc1cccc(C2OC(=O)N(Cc3ccccc3)C2C(=O)NCc2ccco2)c1. The van der Waals surface area contributed by atoms with Gasteiger partial charge >= 0.3 is 6.09 Å². The van der Waals surface area contributed by atoms with Gasteiger partial charge in [-0.25, -0.2) is 4.79 Å². The number of cyclic esters (lactones) is 1. The van der Waals surface area contributed by atoms with Crippen LogP contribution in [0.25, 0.3) is 0 Å². The van der Waals surface area contributed by atoms with E-state index in [1.807, 2.05) is 30.3 Å². The van der Waals surface area contributed by atoms with E-state index in [1.54, 1.807) is 50.2 Å². The highest BCUT2D eigenvalue weighted by Gasteiger charge is 2.47. The molecule has 1 fully saturated rings. The lowest BCUT2D eigenvalue weighted by atomic mass is 10.00. The second-order valence-electron chi connectivity index (χ2n) is 8.43. The van der Waals surface area contributed by atoms with Crippen LogP contribution in [-0.2, 0) is 27.4 Å². The topological polar surface area (TPSA) is 101 Å². The average Bonchev–Trinajstić information content (AvgIpc) is 3.46. The van der Waals surface area contributed by atoms with E-state index in [-0.39, 0.29) is 30.8 Å². The lowest BCUT2D eigenvalue weighted by molar-refractivity contribution is -0.126. The van der Waals surface area contributed by atoms with Gasteiger partial charge in [-0.05, 0) is 35.4 Å². The lowest BCUT2D eigenvalue weighted by Gasteiger charge is -2.24. The molecule has 8 nitrogen and oxygen atoms in total. The van der Waals surface area contributed by atoms with E-state index >= 15 is 0 Å². The van der Waals surface area contributed by atoms with Crippen molar-refractivity contribution in [3.8, 4) is 0 Å². The quantitative estimate of drug-likeness (QED) is 0.522. The Labute approximate surface area is 197 Å². The highest BCUT2D eigenvalue weighted by atomic mass is 16.6. The van der Waals surface area contributed by atoms with Crippen LogP contribution < -0.4 is 10.6 Å². The number of rotatable bonds is 8. The van der Waals surface area contributed by atoms with Crippen LogP contribution in [0.1, 0.15) is 36.8 Å². The average molecular weight is 462 g/mol. The molecule has 2 N–H and O–H groups in total. The fourth-order valence-electron chi connectivity index (χ4n) is 3.76. The molecule has 0 spiro atoms. The zero-order valence-electron chi connectivity index (χ0n) is 19.1. The fourth-order valence-corrected chi connectivity index (χ4v) is 3.76. The normalized spacial score (nSPS) is 17.5. The van der Waals surface area contributed by atoms with Gasteiger partial charge < -0.3 is 19.8 Å². The lowest BCUT2D eigenvalue weighted by Crippen LogP contribution is -2.46. The fraction of sp³-hybridized carbons (Fsp3) is 0.269. The van der Waals surface area contributed by atoms with E-state index in [9.17, 15) is 14.4 Å². The van der Waals surface area contributed by atoms with E-state index in [1.165, 1.54) is 11.2 Å². The monoisotopic (exact) mass is 461 g/mol.